The second-order valence-corrected chi connectivity index (χ2v) is 6.94. The molecule has 1 saturated heterocycles. The highest BCUT2D eigenvalue weighted by atomic mass is 19.2. The van der Waals surface area contributed by atoms with Crippen LogP contribution in [0.15, 0.2) is 42.5 Å². The van der Waals surface area contributed by atoms with Gasteiger partial charge in [-0.2, -0.15) is 4.39 Å². The van der Waals surface area contributed by atoms with Gasteiger partial charge in [0.1, 0.15) is 6.61 Å². The largest absolute Gasteiger partial charge is 0.505 e. The summed E-state index contributed by atoms with van der Waals surface area (Å²) >= 11 is 0. The van der Waals surface area contributed by atoms with Crippen LogP contribution in [0.25, 0.3) is 0 Å². The molecule has 1 fully saturated rings. The van der Waals surface area contributed by atoms with Crippen LogP contribution >= 0.6 is 0 Å². The summed E-state index contributed by atoms with van der Waals surface area (Å²) in [6, 6.07) is 11.4. The van der Waals surface area contributed by atoms with Gasteiger partial charge in [0.25, 0.3) is 5.91 Å². The minimum Gasteiger partial charge on any atom is -0.505 e. The van der Waals surface area contributed by atoms with Crippen molar-refractivity contribution in [3.8, 4) is 5.75 Å². The van der Waals surface area contributed by atoms with Gasteiger partial charge in [0.05, 0.1) is 5.56 Å². The van der Waals surface area contributed by atoms with Gasteiger partial charge in [0.15, 0.2) is 11.6 Å². The third kappa shape index (κ3) is 5.22. The third-order valence-corrected chi connectivity index (χ3v) is 4.94. The highest BCUT2D eigenvalue weighted by molar-refractivity contribution is 5.94. The second kappa shape index (κ2) is 9.36. The Kier molecular flexibility index (Phi) is 6.64. The number of hydrogen-bond donors (Lipinski definition) is 2. The molecule has 1 heterocycles. The molecule has 0 bridgehead atoms. The molecule has 0 aliphatic carbocycles. The lowest BCUT2D eigenvalue weighted by molar-refractivity contribution is 0.0799. The first-order chi connectivity index (χ1) is 14.0. The van der Waals surface area contributed by atoms with E-state index < -0.39 is 28.9 Å². The molecule has 29 heavy (non-hydrogen) atoms. The van der Waals surface area contributed by atoms with Crippen LogP contribution in [-0.2, 0) is 11.3 Å². The van der Waals surface area contributed by atoms with Crippen molar-refractivity contribution >= 4 is 12.0 Å². The first kappa shape index (κ1) is 20.6. The number of phenolic OH excluding ortho intramolecular Hbond substituents is 1. The van der Waals surface area contributed by atoms with Crippen molar-refractivity contribution in [2.24, 2.45) is 5.92 Å². The third-order valence-electron chi connectivity index (χ3n) is 4.94. The summed E-state index contributed by atoms with van der Waals surface area (Å²) in [6.07, 6.45) is 0.943. The zero-order chi connectivity index (χ0) is 20.8. The summed E-state index contributed by atoms with van der Waals surface area (Å²) in [4.78, 5) is 25.9. The smallest absolute Gasteiger partial charge is 0.410 e. The first-order valence-corrected chi connectivity index (χ1v) is 9.36. The van der Waals surface area contributed by atoms with Crippen molar-refractivity contribution in [1.29, 1.82) is 0 Å². The maximum absolute atomic E-state index is 13.8. The molecule has 1 aliphatic heterocycles. The van der Waals surface area contributed by atoms with Crippen molar-refractivity contribution in [3.63, 3.8) is 0 Å². The number of phenols is 1. The predicted molar refractivity (Wildman–Crippen MR) is 101 cm³/mol. The fraction of sp³-hybridized carbons (Fsp3) is 0.333. The lowest BCUT2D eigenvalue weighted by Crippen LogP contribution is -2.41. The minimum atomic E-state index is -1.44. The van der Waals surface area contributed by atoms with Crippen molar-refractivity contribution in [2.45, 2.75) is 19.4 Å². The van der Waals surface area contributed by atoms with Crippen LogP contribution in [0, 0.1) is 17.6 Å². The Balaban J connectivity index is 1.42. The van der Waals surface area contributed by atoms with E-state index in [1.54, 1.807) is 4.90 Å². The van der Waals surface area contributed by atoms with Crippen molar-refractivity contribution in [1.82, 2.24) is 10.2 Å². The monoisotopic (exact) mass is 404 g/mol. The first-order valence-electron chi connectivity index (χ1n) is 9.36. The molecular formula is C21H22F2N2O4. The Bertz CT molecular complexity index is 868. The van der Waals surface area contributed by atoms with E-state index >= 15 is 0 Å². The summed E-state index contributed by atoms with van der Waals surface area (Å²) in [6.45, 7) is 1.49. The molecule has 2 aromatic rings. The van der Waals surface area contributed by atoms with Crippen molar-refractivity contribution in [2.75, 3.05) is 19.6 Å². The molecule has 2 N–H and O–H groups in total. The number of carbonyl (C=O) groups excluding carboxylic acids is 2. The molecule has 0 atom stereocenters. The Hall–Kier alpha value is -3.16. The number of halogens is 2. The van der Waals surface area contributed by atoms with Gasteiger partial charge in [-0.1, -0.05) is 30.3 Å². The Labute approximate surface area is 167 Å². The molecule has 0 saturated carbocycles. The fourth-order valence-electron chi connectivity index (χ4n) is 3.18. The van der Waals surface area contributed by atoms with Gasteiger partial charge in [0.2, 0.25) is 5.82 Å². The van der Waals surface area contributed by atoms with Gasteiger partial charge >= 0.3 is 6.09 Å². The minimum absolute atomic E-state index is 0.113. The summed E-state index contributed by atoms with van der Waals surface area (Å²) < 4.78 is 32.5. The number of likely N-dealkylation sites (tertiary alicyclic amines) is 1. The quantitative estimate of drug-likeness (QED) is 0.800. The van der Waals surface area contributed by atoms with Crippen LogP contribution in [-0.4, -0.2) is 41.6 Å². The average Bonchev–Trinajstić information content (AvgIpc) is 2.75. The van der Waals surface area contributed by atoms with Crippen LogP contribution in [0.4, 0.5) is 13.6 Å². The number of benzene rings is 2. The molecule has 0 aromatic heterocycles. The number of rotatable bonds is 5. The summed E-state index contributed by atoms with van der Waals surface area (Å²) in [5, 5.41) is 11.7. The summed E-state index contributed by atoms with van der Waals surface area (Å²) in [5.41, 5.74) is 0.457. The number of ether oxygens (including phenoxy) is 1. The van der Waals surface area contributed by atoms with E-state index in [1.165, 1.54) is 0 Å². The fourth-order valence-corrected chi connectivity index (χ4v) is 3.18. The van der Waals surface area contributed by atoms with Gasteiger partial charge in [-0.3, -0.25) is 4.79 Å². The molecule has 8 heteroatoms. The summed E-state index contributed by atoms with van der Waals surface area (Å²) in [5.74, 6) is -4.29. The van der Waals surface area contributed by atoms with E-state index in [0.29, 0.717) is 25.9 Å². The van der Waals surface area contributed by atoms with Gasteiger partial charge in [0, 0.05) is 19.6 Å². The lowest BCUT2D eigenvalue weighted by Gasteiger charge is -2.31. The zero-order valence-corrected chi connectivity index (χ0v) is 15.7. The highest BCUT2D eigenvalue weighted by Crippen LogP contribution is 2.22. The highest BCUT2D eigenvalue weighted by Gasteiger charge is 2.25. The molecule has 0 radical (unpaired) electrons. The molecule has 1 aliphatic rings. The number of amides is 2. The van der Waals surface area contributed by atoms with E-state index in [1.807, 2.05) is 30.3 Å². The normalized spacial score (nSPS) is 14.5. The van der Waals surface area contributed by atoms with Gasteiger partial charge in [-0.05, 0) is 36.5 Å². The molecular weight excluding hydrogens is 382 g/mol. The number of nitrogens with one attached hydrogen (secondary N) is 1. The number of carbonyl (C=O) groups is 2. The van der Waals surface area contributed by atoms with E-state index in [4.69, 9.17) is 9.84 Å². The van der Waals surface area contributed by atoms with Gasteiger partial charge in [-0.25, -0.2) is 9.18 Å². The van der Waals surface area contributed by atoms with E-state index in [-0.39, 0.29) is 25.2 Å². The maximum Gasteiger partial charge on any atom is 0.410 e. The van der Waals surface area contributed by atoms with E-state index in [0.717, 1.165) is 17.7 Å². The lowest BCUT2D eigenvalue weighted by atomic mass is 9.97. The second-order valence-electron chi connectivity index (χ2n) is 6.94. The van der Waals surface area contributed by atoms with E-state index in [2.05, 4.69) is 5.32 Å². The topological polar surface area (TPSA) is 78.9 Å². The molecule has 154 valence electrons. The van der Waals surface area contributed by atoms with Crippen LogP contribution in [0.2, 0.25) is 0 Å². The summed E-state index contributed by atoms with van der Waals surface area (Å²) in [7, 11) is 0. The number of nitrogens with zero attached hydrogens (tertiary/aromatic N) is 1. The zero-order valence-electron chi connectivity index (χ0n) is 15.7. The van der Waals surface area contributed by atoms with Gasteiger partial charge < -0.3 is 20.1 Å². The van der Waals surface area contributed by atoms with Crippen molar-refractivity contribution in [3.05, 3.63) is 65.2 Å². The number of aromatic hydroxyl groups is 1. The Morgan fingerprint density at radius 3 is 2.45 bits per heavy atom. The molecule has 2 aromatic carbocycles. The van der Waals surface area contributed by atoms with Crippen LogP contribution < -0.4 is 5.32 Å². The Morgan fingerprint density at radius 1 is 1.07 bits per heavy atom. The Morgan fingerprint density at radius 2 is 1.76 bits per heavy atom. The molecule has 2 amide bonds. The molecule has 0 spiro atoms. The molecule has 6 nitrogen and oxygen atoms in total. The average molecular weight is 404 g/mol. The SMILES string of the molecule is O=C(NCC1CCN(C(=O)OCc2ccccc2)CC1)c1ccc(O)c(F)c1F. The van der Waals surface area contributed by atoms with Crippen molar-refractivity contribution < 1.29 is 28.2 Å². The number of hydrogen-bond acceptors (Lipinski definition) is 4. The van der Waals surface area contributed by atoms with Crippen LogP contribution in [0.5, 0.6) is 5.75 Å². The van der Waals surface area contributed by atoms with Crippen LogP contribution in [0.1, 0.15) is 28.8 Å². The van der Waals surface area contributed by atoms with Gasteiger partial charge in [-0.15, -0.1) is 0 Å². The predicted octanol–water partition coefficient (Wildman–Crippen LogP) is 3.45. The molecule has 0 unspecified atom stereocenters. The van der Waals surface area contributed by atoms with Crippen LogP contribution in [0.3, 0.4) is 0 Å². The maximum atomic E-state index is 13.8. The van der Waals surface area contributed by atoms with E-state index in [9.17, 15) is 18.4 Å². The molecule has 3 rings (SSSR count). The number of piperidine rings is 1. The standard InChI is InChI=1S/C21H22F2N2O4/c22-18-16(6-7-17(26)19(18)23)20(27)24-12-14-8-10-25(11-9-14)21(28)29-13-15-4-2-1-3-5-15/h1-7,14,26H,8-13H2,(H,24,27).